The van der Waals surface area contributed by atoms with Crippen molar-refractivity contribution in [3.05, 3.63) is 59.7 Å². The van der Waals surface area contributed by atoms with Crippen molar-refractivity contribution in [2.24, 2.45) is 0 Å². The van der Waals surface area contributed by atoms with Crippen molar-refractivity contribution in [3.63, 3.8) is 0 Å². The van der Waals surface area contributed by atoms with Gasteiger partial charge in [-0.05, 0) is 29.8 Å². The highest BCUT2D eigenvalue weighted by Gasteiger charge is 2.30. The Balaban J connectivity index is 1.97. The summed E-state index contributed by atoms with van der Waals surface area (Å²) < 4.78 is 40.1. The van der Waals surface area contributed by atoms with Gasteiger partial charge in [-0.2, -0.15) is 5.26 Å². The van der Waals surface area contributed by atoms with Crippen molar-refractivity contribution < 1.29 is 22.7 Å². The molecule has 2 aromatic rings. The van der Waals surface area contributed by atoms with Crippen LogP contribution in [0.15, 0.2) is 48.5 Å². The number of benzene rings is 2. The molecule has 0 unspecified atom stereocenters. The molecule has 0 aliphatic rings. The third-order valence-corrected chi connectivity index (χ3v) is 3.14. The molecule has 2 aromatic carbocycles. The average molecular weight is 349 g/mol. The second-order valence-corrected chi connectivity index (χ2v) is 4.93. The minimum atomic E-state index is -4.74. The van der Waals surface area contributed by atoms with E-state index in [0.29, 0.717) is 16.8 Å². The Morgan fingerprint density at radius 3 is 2.44 bits per heavy atom. The quantitative estimate of drug-likeness (QED) is 0.784. The lowest BCUT2D eigenvalue weighted by Crippen LogP contribution is -2.24. The number of alkyl halides is 3. The van der Waals surface area contributed by atoms with Gasteiger partial charge in [-0.15, -0.1) is 13.2 Å². The summed E-state index contributed by atoms with van der Waals surface area (Å²) >= 11 is 0. The van der Waals surface area contributed by atoms with Gasteiger partial charge in [0.25, 0.3) is 5.91 Å². The molecule has 1 amide bonds. The summed E-state index contributed by atoms with van der Waals surface area (Å²) in [5, 5.41) is 14.1. The minimum Gasteiger partial charge on any atom is -0.406 e. The van der Waals surface area contributed by atoms with E-state index in [-0.39, 0.29) is 24.7 Å². The van der Waals surface area contributed by atoms with Gasteiger partial charge in [0.1, 0.15) is 12.3 Å². The van der Waals surface area contributed by atoms with Crippen LogP contribution in [0, 0.1) is 11.3 Å². The lowest BCUT2D eigenvalue weighted by atomic mass is 10.1. The third kappa shape index (κ3) is 5.73. The molecule has 0 spiro atoms. The predicted octanol–water partition coefficient (Wildman–Crippen LogP) is 3.45. The van der Waals surface area contributed by atoms with Crippen molar-refractivity contribution in [3.8, 4) is 11.8 Å². The van der Waals surface area contributed by atoms with Gasteiger partial charge in [0, 0.05) is 12.2 Å². The fraction of sp³-hybridized carbons (Fsp3) is 0.176. The molecule has 2 rings (SSSR count). The summed E-state index contributed by atoms with van der Waals surface area (Å²) in [6, 6.07) is 13.9. The minimum absolute atomic E-state index is 0.0605. The summed E-state index contributed by atoms with van der Waals surface area (Å²) in [7, 11) is 0. The Kier molecular flexibility index (Phi) is 5.84. The van der Waals surface area contributed by atoms with E-state index >= 15 is 0 Å². The van der Waals surface area contributed by atoms with Gasteiger partial charge in [-0.25, -0.2) is 0 Å². The highest BCUT2D eigenvalue weighted by Crippen LogP contribution is 2.22. The van der Waals surface area contributed by atoms with Crippen LogP contribution in [0.1, 0.15) is 15.9 Å². The number of nitrogens with zero attached hydrogens (tertiary/aromatic N) is 1. The van der Waals surface area contributed by atoms with Crippen LogP contribution in [0.3, 0.4) is 0 Å². The first-order valence-corrected chi connectivity index (χ1v) is 7.22. The van der Waals surface area contributed by atoms with Crippen molar-refractivity contribution in [1.82, 2.24) is 5.32 Å². The number of nitrogens with one attached hydrogen (secondary N) is 2. The topological polar surface area (TPSA) is 74.2 Å². The van der Waals surface area contributed by atoms with E-state index in [9.17, 15) is 18.0 Å². The molecule has 0 atom stereocenters. The first-order valence-electron chi connectivity index (χ1n) is 7.22. The summed E-state index contributed by atoms with van der Waals surface area (Å²) in [6.45, 7) is 0.197. The van der Waals surface area contributed by atoms with E-state index in [1.165, 1.54) is 24.3 Å². The van der Waals surface area contributed by atoms with Crippen LogP contribution >= 0.6 is 0 Å². The zero-order valence-electron chi connectivity index (χ0n) is 12.9. The van der Waals surface area contributed by atoms with E-state index in [0.717, 1.165) is 0 Å². The number of hydrogen-bond donors (Lipinski definition) is 2. The molecule has 0 bridgehead atoms. The number of ether oxygens (including phenoxy) is 1. The highest BCUT2D eigenvalue weighted by molar-refractivity contribution is 5.99. The van der Waals surface area contributed by atoms with Crippen LogP contribution in [0.25, 0.3) is 0 Å². The molecule has 0 aromatic heterocycles. The van der Waals surface area contributed by atoms with E-state index in [1.54, 1.807) is 24.3 Å². The molecule has 2 N–H and O–H groups in total. The van der Waals surface area contributed by atoms with Crippen LogP contribution in [0.5, 0.6) is 5.75 Å². The number of nitriles is 1. The number of carbonyl (C=O) groups excluding carboxylic acids is 1. The van der Waals surface area contributed by atoms with Gasteiger partial charge in [0.2, 0.25) is 0 Å². The number of amides is 1. The van der Waals surface area contributed by atoms with Gasteiger partial charge in [0.05, 0.1) is 11.6 Å². The molecular formula is C17H14F3N3O2. The molecule has 0 radical (unpaired) electrons. The summed E-state index contributed by atoms with van der Waals surface area (Å²) in [5.74, 6) is -0.690. The van der Waals surface area contributed by atoms with Crippen molar-refractivity contribution in [2.75, 3.05) is 11.9 Å². The van der Waals surface area contributed by atoms with Gasteiger partial charge >= 0.3 is 6.36 Å². The standard InChI is InChI=1S/C17H14F3N3O2/c18-17(19,20)25-13-7-5-12(6-8-13)11-23-16(24)14-3-1-2-4-15(14)22-10-9-21/h1-8,22H,10-11H2,(H,23,24). The highest BCUT2D eigenvalue weighted by atomic mass is 19.4. The van der Waals surface area contributed by atoms with Crippen LogP contribution in [0.4, 0.5) is 18.9 Å². The SMILES string of the molecule is N#CCNc1ccccc1C(=O)NCc1ccc(OC(F)(F)F)cc1. The Morgan fingerprint density at radius 1 is 1.12 bits per heavy atom. The second-order valence-electron chi connectivity index (χ2n) is 4.93. The maximum Gasteiger partial charge on any atom is 0.573 e. The third-order valence-electron chi connectivity index (χ3n) is 3.14. The monoisotopic (exact) mass is 349 g/mol. The Hall–Kier alpha value is -3.21. The zero-order chi connectivity index (χ0) is 18.3. The molecule has 0 aliphatic carbocycles. The maximum atomic E-state index is 12.2. The zero-order valence-corrected chi connectivity index (χ0v) is 12.9. The normalized spacial score (nSPS) is 10.6. The van der Waals surface area contributed by atoms with Gasteiger partial charge in [-0.1, -0.05) is 24.3 Å². The van der Waals surface area contributed by atoms with Crippen LogP contribution < -0.4 is 15.4 Å². The molecule has 0 aliphatic heterocycles. The van der Waals surface area contributed by atoms with E-state index in [4.69, 9.17) is 5.26 Å². The average Bonchev–Trinajstić information content (AvgIpc) is 2.58. The number of rotatable bonds is 6. The van der Waals surface area contributed by atoms with E-state index < -0.39 is 6.36 Å². The fourth-order valence-electron chi connectivity index (χ4n) is 2.06. The van der Waals surface area contributed by atoms with Crippen molar-refractivity contribution in [2.45, 2.75) is 12.9 Å². The lowest BCUT2D eigenvalue weighted by molar-refractivity contribution is -0.274. The molecule has 0 saturated heterocycles. The van der Waals surface area contributed by atoms with Crippen LogP contribution in [0.2, 0.25) is 0 Å². The molecule has 130 valence electrons. The van der Waals surface area contributed by atoms with Crippen LogP contribution in [-0.4, -0.2) is 18.8 Å². The Morgan fingerprint density at radius 2 is 1.80 bits per heavy atom. The molecule has 0 heterocycles. The number of carbonyl (C=O) groups is 1. The lowest BCUT2D eigenvalue weighted by Gasteiger charge is -2.11. The van der Waals surface area contributed by atoms with Crippen molar-refractivity contribution >= 4 is 11.6 Å². The second kappa shape index (κ2) is 8.06. The van der Waals surface area contributed by atoms with Gasteiger partial charge in [0.15, 0.2) is 0 Å². The molecule has 8 heteroatoms. The molecular weight excluding hydrogens is 335 g/mol. The summed E-state index contributed by atoms with van der Waals surface area (Å²) in [4.78, 5) is 12.2. The van der Waals surface area contributed by atoms with E-state index in [1.807, 2.05) is 6.07 Å². The smallest absolute Gasteiger partial charge is 0.406 e. The fourth-order valence-corrected chi connectivity index (χ4v) is 2.06. The summed E-state index contributed by atoms with van der Waals surface area (Å²) in [6.07, 6.45) is -4.74. The van der Waals surface area contributed by atoms with E-state index in [2.05, 4.69) is 15.4 Å². The number of hydrogen-bond acceptors (Lipinski definition) is 4. The summed E-state index contributed by atoms with van der Waals surface area (Å²) in [5.41, 5.74) is 1.51. The Labute approximate surface area is 142 Å². The largest absolute Gasteiger partial charge is 0.573 e. The molecule has 5 nitrogen and oxygen atoms in total. The predicted molar refractivity (Wildman–Crippen MR) is 84.8 cm³/mol. The van der Waals surface area contributed by atoms with Gasteiger partial charge in [-0.3, -0.25) is 4.79 Å². The van der Waals surface area contributed by atoms with Crippen molar-refractivity contribution in [1.29, 1.82) is 5.26 Å². The number of halogens is 3. The molecule has 25 heavy (non-hydrogen) atoms. The number of anilines is 1. The maximum absolute atomic E-state index is 12.2. The molecule has 0 fully saturated rings. The number of para-hydroxylation sites is 1. The van der Waals surface area contributed by atoms with Crippen LogP contribution in [-0.2, 0) is 6.54 Å². The molecule has 0 saturated carbocycles. The first-order chi connectivity index (χ1) is 11.9. The first kappa shape index (κ1) is 18.1. The van der Waals surface area contributed by atoms with Gasteiger partial charge < -0.3 is 15.4 Å². The Bertz CT molecular complexity index is 768.